The number of rotatable bonds is 4. The first-order valence-electron chi connectivity index (χ1n) is 10.0. The minimum atomic E-state index is -4.68. The third-order valence-electron chi connectivity index (χ3n) is 5.87. The summed E-state index contributed by atoms with van der Waals surface area (Å²) in [5.41, 5.74) is -1.06. The molecule has 11 nitrogen and oxygen atoms in total. The molecule has 0 radical (unpaired) electrons. The first-order chi connectivity index (χ1) is 16.5. The van der Waals surface area contributed by atoms with Gasteiger partial charge in [-0.2, -0.15) is 0 Å². The third-order valence-corrected chi connectivity index (χ3v) is 7.97. The number of amides is 2. The van der Waals surface area contributed by atoms with Gasteiger partial charge in [0.2, 0.25) is 5.91 Å². The Hall–Kier alpha value is -4.20. The van der Waals surface area contributed by atoms with Gasteiger partial charge in [-0.3, -0.25) is 24.6 Å². The molecule has 1 spiro atoms. The van der Waals surface area contributed by atoms with Crippen LogP contribution in [0.3, 0.4) is 0 Å². The van der Waals surface area contributed by atoms with Gasteiger partial charge in [-0.15, -0.1) is 0 Å². The zero-order valence-electron chi connectivity index (χ0n) is 17.8. The number of sulfone groups is 1. The number of aromatic nitrogens is 1. The smallest absolute Gasteiger partial charge is 0.274 e. The van der Waals surface area contributed by atoms with Crippen molar-refractivity contribution < 1.29 is 36.2 Å². The summed E-state index contributed by atoms with van der Waals surface area (Å²) in [5, 5.41) is 15.3. The van der Waals surface area contributed by atoms with Crippen LogP contribution in [0.5, 0.6) is 0 Å². The van der Waals surface area contributed by atoms with Crippen LogP contribution in [-0.4, -0.2) is 36.1 Å². The normalized spacial score (nSPS) is 20.7. The number of nitrogens with zero attached hydrogens (tertiary/aromatic N) is 4. The monoisotopic (exact) mass is 504 g/mol. The topological polar surface area (TPSA) is 144 Å². The number of nitro groups is 1. The Kier molecular flexibility index (Phi) is 4.77. The van der Waals surface area contributed by atoms with Crippen molar-refractivity contribution in [3.8, 4) is 0 Å². The average molecular weight is 504 g/mol. The molecular weight excluding hydrogens is 490 g/mol. The lowest BCUT2D eigenvalue weighted by Gasteiger charge is -2.32. The van der Waals surface area contributed by atoms with E-state index in [9.17, 15) is 36.9 Å². The van der Waals surface area contributed by atoms with Gasteiger partial charge in [0.15, 0.2) is 21.5 Å². The van der Waals surface area contributed by atoms with E-state index >= 15 is 0 Å². The Morgan fingerprint density at radius 3 is 2.51 bits per heavy atom. The van der Waals surface area contributed by atoms with Crippen LogP contribution in [0, 0.1) is 28.7 Å². The summed E-state index contributed by atoms with van der Waals surface area (Å²) in [6, 6.07) is 6.89. The molecule has 1 atom stereocenters. The first-order valence-corrected chi connectivity index (χ1v) is 11.7. The molecule has 1 saturated heterocycles. The number of aryl methyl sites for hydroxylation is 1. The van der Waals surface area contributed by atoms with Gasteiger partial charge in [0, 0.05) is 35.5 Å². The molecule has 5 rings (SSSR count). The molecule has 0 saturated carbocycles. The highest BCUT2D eigenvalue weighted by atomic mass is 32.2. The van der Waals surface area contributed by atoms with Crippen molar-refractivity contribution in [2.24, 2.45) is 0 Å². The quantitative estimate of drug-likeness (QED) is 0.389. The molecule has 3 aromatic rings. The maximum atomic E-state index is 14.1. The Morgan fingerprint density at radius 2 is 1.89 bits per heavy atom. The first kappa shape index (κ1) is 22.6. The molecule has 2 aliphatic rings. The molecular formula is C21H14F2N4O7S. The van der Waals surface area contributed by atoms with Crippen molar-refractivity contribution in [2.75, 3.05) is 15.6 Å². The lowest BCUT2D eigenvalue weighted by atomic mass is 10.0. The highest BCUT2D eigenvalue weighted by Crippen LogP contribution is 2.53. The van der Waals surface area contributed by atoms with E-state index in [1.807, 2.05) is 0 Å². The molecule has 3 heterocycles. The number of halogens is 2. The van der Waals surface area contributed by atoms with Crippen LogP contribution in [0.2, 0.25) is 0 Å². The number of non-ortho nitro benzene ring substituents is 1. The van der Waals surface area contributed by atoms with Crippen LogP contribution >= 0.6 is 0 Å². The number of benzene rings is 2. The summed E-state index contributed by atoms with van der Waals surface area (Å²) < 4.78 is 59.7. The van der Waals surface area contributed by atoms with Crippen molar-refractivity contribution in [1.82, 2.24) is 5.16 Å². The molecule has 14 heteroatoms. The Morgan fingerprint density at radius 1 is 1.14 bits per heavy atom. The summed E-state index contributed by atoms with van der Waals surface area (Å²) in [7, 11) is -4.68. The molecule has 1 fully saturated rings. The van der Waals surface area contributed by atoms with Crippen molar-refractivity contribution >= 4 is 38.7 Å². The van der Waals surface area contributed by atoms with Crippen molar-refractivity contribution in [3.63, 3.8) is 0 Å². The highest BCUT2D eigenvalue weighted by molar-refractivity contribution is 7.94. The predicted molar refractivity (Wildman–Crippen MR) is 115 cm³/mol. The molecule has 1 unspecified atom stereocenters. The van der Waals surface area contributed by atoms with Gasteiger partial charge in [-0.05, 0) is 25.1 Å². The molecule has 0 N–H and O–H groups in total. The van der Waals surface area contributed by atoms with Crippen LogP contribution in [0.4, 0.5) is 25.8 Å². The minimum Gasteiger partial charge on any atom is -0.361 e. The third kappa shape index (κ3) is 3.06. The van der Waals surface area contributed by atoms with Crippen molar-refractivity contribution in [2.45, 2.75) is 18.3 Å². The second kappa shape index (κ2) is 7.40. The molecule has 35 heavy (non-hydrogen) atoms. The van der Waals surface area contributed by atoms with Crippen LogP contribution in [-0.2, 0) is 30.8 Å². The Balaban J connectivity index is 1.80. The van der Waals surface area contributed by atoms with Crippen LogP contribution in [0.15, 0.2) is 47.0 Å². The van der Waals surface area contributed by atoms with Gasteiger partial charge in [-0.1, -0.05) is 5.16 Å². The van der Waals surface area contributed by atoms with Gasteiger partial charge in [-0.25, -0.2) is 17.2 Å². The molecule has 2 aliphatic heterocycles. The number of hydrogen-bond donors (Lipinski definition) is 0. The lowest BCUT2D eigenvalue weighted by Crippen LogP contribution is -2.54. The number of carbonyl (C=O) groups excluding carboxylic acids is 2. The van der Waals surface area contributed by atoms with Gasteiger partial charge in [0.1, 0.15) is 17.2 Å². The Labute approximate surface area is 195 Å². The van der Waals surface area contributed by atoms with E-state index in [4.69, 9.17) is 4.52 Å². The van der Waals surface area contributed by atoms with E-state index in [2.05, 4.69) is 5.16 Å². The van der Waals surface area contributed by atoms with Gasteiger partial charge < -0.3 is 9.42 Å². The molecule has 0 bridgehead atoms. The largest absolute Gasteiger partial charge is 0.361 e. The fourth-order valence-electron chi connectivity index (χ4n) is 4.48. The summed E-state index contributed by atoms with van der Waals surface area (Å²) in [6.07, 6.45) is 0. The van der Waals surface area contributed by atoms with Crippen molar-refractivity contribution in [1.29, 1.82) is 0 Å². The van der Waals surface area contributed by atoms with E-state index in [1.165, 1.54) is 12.1 Å². The van der Waals surface area contributed by atoms with Crippen LogP contribution < -0.4 is 9.80 Å². The summed E-state index contributed by atoms with van der Waals surface area (Å²) in [5.74, 6) is -5.55. The highest BCUT2D eigenvalue weighted by Gasteiger charge is 2.70. The van der Waals surface area contributed by atoms with Crippen LogP contribution in [0.1, 0.15) is 17.0 Å². The summed E-state index contributed by atoms with van der Waals surface area (Å²) in [6.45, 7) is 1.32. The lowest BCUT2D eigenvalue weighted by molar-refractivity contribution is -0.384. The summed E-state index contributed by atoms with van der Waals surface area (Å²) >= 11 is 0. The summed E-state index contributed by atoms with van der Waals surface area (Å²) in [4.78, 5) is 36.4. The van der Waals surface area contributed by atoms with E-state index < -0.39 is 60.2 Å². The second-order valence-electron chi connectivity index (χ2n) is 8.01. The number of anilines is 2. The molecule has 2 aromatic carbocycles. The average Bonchev–Trinajstić information content (AvgIpc) is 3.37. The molecule has 1 aromatic heterocycles. The van der Waals surface area contributed by atoms with E-state index in [0.29, 0.717) is 22.8 Å². The van der Waals surface area contributed by atoms with Gasteiger partial charge in [0.05, 0.1) is 17.2 Å². The maximum absolute atomic E-state index is 14.1. The van der Waals surface area contributed by atoms with Crippen LogP contribution in [0.25, 0.3) is 0 Å². The molecule has 2 amide bonds. The zero-order chi connectivity index (χ0) is 25.3. The van der Waals surface area contributed by atoms with E-state index in [0.717, 1.165) is 23.1 Å². The second-order valence-corrected chi connectivity index (χ2v) is 10.1. The fraction of sp³-hybridized carbons (Fsp3) is 0.190. The van der Waals surface area contributed by atoms with E-state index in [1.54, 1.807) is 6.92 Å². The van der Waals surface area contributed by atoms with Gasteiger partial charge in [0.25, 0.3) is 16.5 Å². The SMILES string of the molecule is Cc1cc(CN2C(=O)C3(c4cc([N+](=O)[O-])ccc42)N(c2ccc(F)c(F)c2)C(=O)CS3(=O)=O)no1. The maximum Gasteiger partial charge on any atom is 0.274 e. The molecule has 180 valence electrons. The molecule has 0 aliphatic carbocycles. The number of fused-ring (bicyclic) bond motifs is 2. The predicted octanol–water partition coefficient (Wildman–Crippen LogP) is 2.33. The van der Waals surface area contributed by atoms with Crippen molar-refractivity contribution in [3.05, 3.63) is 81.2 Å². The zero-order valence-corrected chi connectivity index (χ0v) is 18.6. The van der Waals surface area contributed by atoms with Gasteiger partial charge >= 0.3 is 0 Å². The number of carbonyl (C=O) groups is 2. The fourth-order valence-corrected chi connectivity index (χ4v) is 6.50. The standard InChI is InChI=1S/C21H14F2N4O7S/c1-11-6-12(24-34-11)9-25-18-5-3-14(27(30)31)7-15(18)21(20(25)29)26(19(28)10-35(21,32)33)13-2-4-16(22)17(23)8-13/h2-8H,9-10H2,1H3. The van der Waals surface area contributed by atoms with E-state index in [-0.39, 0.29) is 23.5 Å². The Bertz CT molecular complexity index is 1550. The number of hydrogen-bond acceptors (Lipinski definition) is 8. The minimum absolute atomic E-state index is 0.0212. The number of nitro benzene ring substituents is 1.